The van der Waals surface area contributed by atoms with Crippen LogP contribution in [0.2, 0.25) is 0 Å². The van der Waals surface area contributed by atoms with Crippen LogP contribution in [0.25, 0.3) is 89.4 Å². The Balaban J connectivity index is 0.999. The molecular formula is C59H38N4. The number of hydrogen-bond donors (Lipinski definition) is 0. The van der Waals surface area contributed by atoms with Crippen LogP contribution in [0.15, 0.2) is 231 Å². The van der Waals surface area contributed by atoms with Crippen LogP contribution in [-0.2, 0) is 5.41 Å². The Labute approximate surface area is 365 Å². The van der Waals surface area contributed by atoms with E-state index in [0.29, 0.717) is 17.5 Å². The average Bonchev–Trinajstić information content (AvgIpc) is 3.66. The summed E-state index contributed by atoms with van der Waals surface area (Å²) in [6.07, 6.45) is 0. The molecule has 294 valence electrons. The molecule has 0 amide bonds. The van der Waals surface area contributed by atoms with Gasteiger partial charge in [-0.1, -0.05) is 206 Å². The fraction of sp³-hybridized carbons (Fsp3) is 0.0169. The molecule has 0 atom stereocenters. The molecule has 0 spiro atoms. The summed E-state index contributed by atoms with van der Waals surface area (Å²) in [4.78, 5) is 20.2. The first kappa shape index (κ1) is 36.5. The van der Waals surface area contributed by atoms with E-state index in [0.717, 1.165) is 55.4 Å². The van der Waals surface area contributed by atoms with Gasteiger partial charge in [0.25, 0.3) is 0 Å². The second-order valence-electron chi connectivity index (χ2n) is 16.1. The van der Waals surface area contributed by atoms with Crippen molar-refractivity contribution in [1.82, 2.24) is 19.9 Å². The molecule has 0 fully saturated rings. The molecule has 0 unspecified atom stereocenters. The van der Waals surface area contributed by atoms with Gasteiger partial charge in [-0.2, -0.15) is 0 Å². The molecule has 0 N–H and O–H groups in total. The lowest BCUT2D eigenvalue weighted by atomic mass is 9.67. The molecule has 1 aliphatic carbocycles. The molecule has 0 saturated heterocycles. The normalized spacial score (nSPS) is 12.6. The van der Waals surface area contributed by atoms with Crippen LogP contribution >= 0.6 is 0 Å². The lowest BCUT2D eigenvalue weighted by molar-refractivity contribution is 0.769. The first-order valence-electron chi connectivity index (χ1n) is 21.4. The van der Waals surface area contributed by atoms with Gasteiger partial charge in [-0.15, -0.1) is 0 Å². The Kier molecular flexibility index (Phi) is 8.68. The predicted molar refractivity (Wildman–Crippen MR) is 257 cm³/mol. The molecule has 1 aliphatic rings. The minimum absolute atomic E-state index is 0.493. The molecule has 0 radical (unpaired) electrons. The number of para-hydroxylation sites is 1. The summed E-state index contributed by atoms with van der Waals surface area (Å²) in [6, 6.07) is 81.9. The Morgan fingerprint density at radius 2 is 0.762 bits per heavy atom. The summed E-state index contributed by atoms with van der Waals surface area (Å²) >= 11 is 0. The smallest absolute Gasteiger partial charge is 0.164 e. The third kappa shape index (κ3) is 6.07. The lowest BCUT2D eigenvalue weighted by Gasteiger charge is -2.34. The van der Waals surface area contributed by atoms with Gasteiger partial charge in [-0.3, -0.25) is 0 Å². The third-order valence-corrected chi connectivity index (χ3v) is 12.6. The molecule has 4 nitrogen and oxygen atoms in total. The maximum Gasteiger partial charge on any atom is 0.164 e. The summed E-state index contributed by atoms with van der Waals surface area (Å²) < 4.78 is 0. The number of fused-ring (bicyclic) bond motifs is 6. The number of aromatic nitrogens is 4. The highest BCUT2D eigenvalue weighted by Gasteiger charge is 2.46. The first-order chi connectivity index (χ1) is 31.2. The predicted octanol–water partition coefficient (Wildman–Crippen LogP) is 14.3. The summed E-state index contributed by atoms with van der Waals surface area (Å²) in [5.74, 6) is 1.92. The molecule has 12 rings (SSSR count). The van der Waals surface area contributed by atoms with Crippen molar-refractivity contribution in [3.8, 4) is 67.7 Å². The molecule has 11 aromatic rings. The zero-order chi connectivity index (χ0) is 41.7. The average molecular weight is 803 g/mol. The molecule has 0 aliphatic heterocycles. The van der Waals surface area contributed by atoms with E-state index in [4.69, 9.17) is 19.9 Å². The van der Waals surface area contributed by atoms with Crippen LogP contribution < -0.4 is 0 Å². The van der Waals surface area contributed by atoms with Crippen molar-refractivity contribution in [2.75, 3.05) is 0 Å². The van der Waals surface area contributed by atoms with Gasteiger partial charge in [0.2, 0.25) is 0 Å². The lowest BCUT2D eigenvalue weighted by Crippen LogP contribution is -2.28. The van der Waals surface area contributed by atoms with E-state index in [1.165, 1.54) is 38.8 Å². The van der Waals surface area contributed by atoms with Crippen molar-refractivity contribution in [2.24, 2.45) is 0 Å². The Bertz CT molecular complexity index is 3380. The zero-order valence-electron chi connectivity index (χ0n) is 34.2. The molecule has 2 aromatic heterocycles. The Morgan fingerprint density at radius 1 is 0.270 bits per heavy atom. The van der Waals surface area contributed by atoms with Gasteiger partial charge >= 0.3 is 0 Å². The van der Waals surface area contributed by atoms with Crippen molar-refractivity contribution in [2.45, 2.75) is 5.41 Å². The second-order valence-corrected chi connectivity index (χ2v) is 16.1. The Morgan fingerprint density at radius 3 is 1.40 bits per heavy atom. The van der Waals surface area contributed by atoms with Crippen molar-refractivity contribution in [3.05, 3.63) is 253 Å². The van der Waals surface area contributed by atoms with Crippen molar-refractivity contribution in [1.29, 1.82) is 0 Å². The van der Waals surface area contributed by atoms with E-state index in [1.54, 1.807) is 0 Å². The standard InChI is InChI=1S/C59H38N4/c1-5-18-40(19-6-1)56-61-57(41-20-7-2-8-21-41)63-58(62-56)42-34-32-39(33-35-42)43-22-17-23-44(36-43)55-51-37-50-47-28-13-15-30-52(47)59(45-24-9-3-10-25-45,46-26-11-4-12-27-46)53(50)38-49(51)48-29-14-16-31-54(48)60-55/h1-38H. The molecule has 4 heteroatoms. The molecule has 9 aromatic carbocycles. The van der Waals surface area contributed by atoms with Gasteiger partial charge in [-0.05, 0) is 74.2 Å². The summed E-state index contributed by atoms with van der Waals surface area (Å²) in [5.41, 5.74) is 15.1. The maximum atomic E-state index is 5.44. The topological polar surface area (TPSA) is 51.6 Å². The van der Waals surface area contributed by atoms with Crippen LogP contribution in [0.4, 0.5) is 0 Å². The summed E-state index contributed by atoms with van der Waals surface area (Å²) in [5, 5.41) is 3.46. The highest BCUT2D eigenvalue weighted by Crippen LogP contribution is 2.57. The van der Waals surface area contributed by atoms with Gasteiger partial charge in [0, 0.05) is 33.0 Å². The molecular weight excluding hydrogens is 765 g/mol. The number of benzene rings is 9. The van der Waals surface area contributed by atoms with Gasteiger partial charge in [0.15, 0.2) is 17.5 Å². The molecule has 2 heterocycles. The number of hydrogen-bond acceptors (Lipinski definition) is 4. The Hall–Kier alpha value is -8.34. The molecule has 63 heavy (non-hydrogen) atoms. The molecule has 0 saturated carbocycles. The van der Waals surface area contributed by atoms with Crippen molar-refractivity contribution >= 4 is 21.7 Å². The first-order valence-corrected chi connectivity index (χ1v) is 21.4. The van der Waals surface area contributed by atoms with Crippen LogP contribution in [0.5, 0.6) is 0 Å². The summed E-state index contributed by atoms with van der Waals surface area (Å²) in [7, 11) is 0. The maximum absolute atomic E-state index is 5.44. The number of rotatable bonds is 7. The highest BCUT2D eigenvalue weighted by atomic mass is 15.0. The minimum atomic E-state index is -0.493. The van der Waals surface area contributed by atoms with Gasteiger partial charge in [0.1, 0.15) is 0 Å². The van der Waals surface area contributed by atoms with Crippen LogP contribution in [0, 0.1) is 0 Å². The highest BCUT2D eigenvalue weighted by molar-refractivity contribution is 6.13. The fourth-order valence-corrected chi connectivity index (χ4v) is 9.70. The largest absolute Gasteiger partial charge is 0.247 e. The van der Waals surface area contributed by atoms with Gasteiger partial charge < -0.3 is 0 Å². The zero-order valence-corrected chi connectivity index (χ0v) is 34.2. The van der Waals surface area contributed by atoms with E-state index >= 15 is 0 Å². The monoisotopic (exact) mass is 802 g/mol. The number of nitrogens with zero attached hydrogens (tertiary/aromatic N) is 4. The van der Waals surface area contributed by atoms with Crippen LogP contribution in [0.3, 0.4) is 0 Å². The van der Waals surface area contributed by atoms with Crippen molar-refractivity contribution < 1.29 is 0 Å². The summed E-state index contributed by atoms with van der Waals surface area (Å²) in [6.45, 7) is 0. The van der Waals surface area contributed by atoms with E-state index in [-0.39, 0.29) is 0 Å². The van der Waals surface area contributed by atoms with Crippen LogP contribution in [0.1, 0.15) is 22.3 Å². The van der Waals surface area contributed by atoms with Gasteiger partial charge in [-0.25, -0.2) is 19.9 Å². The quantitative estimate of drug-likeness (QED) is 0.151. The van der Waals surface area contributed by atoms with E-state index in [1.807, 2.05) is 60.7 Å². The fourth-order valence-electron chi connectivity index (χ4n) is 9.70. The van der Waals surface area contributed by atoms with Gasteiger partial charge in [0.05, 0.1) is 16.6 Å². The number of pyridine rings is 1. The van der Waals surface area contributed by atoms with Crippen molar-refractivity contribution in [3.63, 3.8) is 0 Å². The second kappa shape index (κ2) is 15.0. The van der Waals surface area contributed by atoms with E-state index < -0.39 is 5.41 Å². The van der Waals surface area contributed by atoms with E-state index in [2.05, 4.69) is 170 Å². The van der Waals surface area contributed by atoms with E-state index in [9.17, 15) is 0 Å². The minimum Gasteiger partial charge on any atom is -0.247 e. The van der Waals surface area contributed by atoms with Crippen LogP contribution in [-0.4, -0.2) is 19.9 Å². The molecule has 0 bridgehead atoms. The SMILES string of the molecule is c1ccc(-c2nc(-c3ccccc3)nc(-c3ccc(-c4cccc(-c5nc6ccccc6c6cc7c(cc56)-c5ccccc5C7(c5ccccc5)c5ccccc5)c4)cc3)n2)cc1. The third-order valence-electron chi connectivity index (χ3n) is 12.6.